The molecule has 1 fully saturated rings. The number of halogens is 1. The molecule has 0 aromatic carbocycles. The molecule has 1 heterocycles. The molecule has 114 valence electrons. The first-order valence-corrected chi connectivity index (χ1v) is 8.29. The summed E-state index contributed by atoms with van der Waals surface area (Å²) in [7, 11) is 0. The third-order valence-electron chi connectivity index (χ3n) is 3.98. The van der Waals surface area contributed by atoms with Crippen LogP contribution in [0.5, 0.6) is 0 Å². The van der Waals surface area contributed by atoms with Gasteiger partial charge >= 0.3 is 0 Å². The van der Waals surface area contributed by atoms with Crippen LogP contribution < -0.4 is 5.73 Å². The number of nitrogens with two attached hydrogens (primary N) is 1. The number of rotatable bonds is 4. The van der Waals surface area contributed by atoms with Crippen molar-refractivity contribution < 1.29 is 4.79 Å². The normalized spacial score (nSPS) is 18.9. The van der Waals surface area contributed by atoms with Crippen LogP contribution in [0.25, 0.3) is 0 Å². The van der Waals surface area contributed by atoms with E-state index in [1.54, 1.807) is 11.8 Å². The highest BCUT2D eigenvalue weighted by Gasteiger charge is 2.31. The fraction of sp³-hybridized carbons (Fsp3) is 0.929. The Hall–Kier alpha value is 0.0700. The lowest BCUT2D eigenvalue weighted by atomic mass is 9.75. The molecule has 1 atom stereocenters. The Morgan fingerprint density at radius 2 is 1.89 bits per heavy atom. The summed E-state index contributed by atoms with van der Waals surface area (Å²) in [5.74, 6) is 1.84. The number of hydrogen-bond donors (Lipinski definition) is 1. The van der Waals surface area contributed by atoms with E-state index in [0.717, 1.165) is 44.0 Å². The van der Waals surface area contributed by atoms with Crippen LogP contribution in [-0.4, -0.2) is 41.9 Å². The van der Waals surface area contributed by atoms with E-state index < -0.39 is 0 Å². The summed E-state index contributed by atoms with van der Waals surface area (Å²) >= 11 is 1.75. The molecule has 2 N–H and O–H groups in total. The predicted molar refractivity (Wildman–Crippen MR) is 87.0 cm³/mol. The summed E-state index contributed by atoms with van der Waals surface area (Å²) in [6.45, 7) is 8.64. The number of amides is 1. The molecule has 3 nitrogen and oxygen atoms in total. The van der Waals surface area contributed by atoms with E-state index in [1.165, 1.54) is 0 Å². The van der Waals surface area contributed by atoms with Gasteiger partial charge < -0.3 is 10.6 Å². The van der Waals surface area contributed by atoms with Gasteiger partial charge in [-0.2, -0.15) is 11.8 Å². The minimum absolute atomic E-state index is 0. The highest BCUT2D eigenvalue weighted by molar-refractivity contribution is 7.98. The number of hydrogen-bond acceptors (Lipinski definition) is 3. The summed E-state index contributed by atoms with van der Waals surface area (Å²) < 4.78 is 0. The second kappa shape index (κ2) is 8.38. The lowest BCUT2D eigenvalue weighted by molar-refractivity contribution is -0.134. The van der Waals surface area contributed by atoms with Crippen LogP contribution >= 0.6 is 24.2 Å². The number of piperidine rings is 1. The molecular formula is C14H29ClN2OS. The Balaban J connectivity index is 0.00000324. The van der Waals surface area contributed by atoms with Gasteiger partial charge in [0.2, 0.25) is 5.91 Å². The maximum absolute atomic E-state index is 12.2. The van der Waals surface area contributed by atoms with Crippen molar-refractivity contribution in [2.45, 2.75) is 46.1 Å². The van der Waals surface area contributed by atoms with Gasteiger partial charge in [0, 0.05) is 13.1 Å². The predicted octanol–water partition coefficient (Wildman–Crippen LogP) is 2.77. The molecule has 0 unspecified atom stereocenters. The van der Waals surface area contributed by atoms with Gasteiger partial charge in [-0.15, -0.1) is 12.4 Å². The van der Waals surface area contributed by atoms with Crippen LogP contribution in [-0.2, 0) is 4.79 Å². The van der Waals surface area contributed by atoms with Crippen LogP contribution in [0, 0.1) is 11.3 Å². The molecule has 1 saturated heterocycles. The molecule has 5 heteroatoms. The molecule has 1 aliphatic rings. The Morgan fingerprint density at radius 1 is 1.37 bits per heavy atom. The zero-order chi connectivity index (χ0) is 13.8. The van der Waals surface area contributed by atoms with Crippen LogP contribution in [0.1, 0.15) is 40.0 Å². The van der Waals surface area contributed by atoms with E-state index in [1.807, 2.05) is 11.2 Å². The highest BCUT2D eigenvalue weighted by atomic mass is 35.5. The lowest BCUT2D eigenvalue weighted by Crippen LogP contribution is -2.48. The molecule has 0 radical (unpaired) electrons. The zero-order valence-corrected chi connectivity index (χ0v) is 14.3. The molecule has 0 spiro atoms. The molecule has 0 aromatic rings. The molecule has 1 rings (SSSR count). The number of nitrogens with zero attached hydrogens (tertiary/aromatic N) is 1. The monoisotopic (exact) mass is 308 g/mol. The van der Waals surface area contributed by atoms with Crippen molar-refractivity contribution in [3.05, 3.63) is 0 Å². The number of carbonyl (C=O) groups is 1. The second-order valence-corrected chi connectivity index (χ2v) is 7.34. The minimum Gasteiger partial charge on any atom is -0.341 e. The van der Waals surface area contributed by atoms with Crippen molar-refractivity contribution in [1.82, 2.24) is 4.90 Å². The molecule has 1 amide bonds. The summed E-state index contributed by atoms with van der Waals surface area (Å²) in [4.78, 5) is 14.1. The molecule has 19 heavy (non-hydrogen) atoms. The minimum atomic E-state index is -0.302. The fourth-order valence-corrected chi connectivity index (χ4v) is 3.06. The van der Waals surface area contributed by atoms with Crippen molar-refractivity contribution in [2.75, 3.05) is 25.1 Å². The largest absolute Gasteiger partial charge is 0.341 e. The van der Waals surface area contributed by atoms with Gasteiger partial charge in [0.25, 0.3) is 0 Å². The lowest BCUT2D eigenvalue weighted by Gasteiger charge is -2.39. The van der Waals surface area contributed by atoms with Crippen LogP contribution in [0.15, 0.2) is 0 Å². The van der Waals surface area contributed by atoms with Gasteiger partial charge in [-0.25, -0.2) is 0 Å². The first-order valence-electron chi connectivity index (χ1n) is 6.89. The van der Waals surface area contributed by atoms with E-state index in [-0.39, 0.29) is 24.4 Å². The van der Waals surface area contributed by atoms with Gasteiger partial charge in [-0.05, 0) is 42.6 Å². The quantitative estimate of drug-likeness (QED) is 0.868. The molecule has 1 aliphatic heterocycles. The average Bonchev–Trinajstić information content (AvgIpc) is 2.34. The Morgan fingerprint density at radius 3 is 2.32 bits per heavy atom. The van der Waals surface area contributed by atoms with E-state index in [0.29, 0.717) is 5.41 Å². The highest BCUT2D eigenvalue weighted by Crippen LogP contribution is 2.34. The van der Waals surface area contributed by atoms with Crippen LogP contribution in [0.4, 0.5) is 0 Å². The number of carbonyl (C=O) groups excluding carboxylic acids is 1. The Labute approximate surface area is 128 Å². The second-order valence-electron chi connectivity index (χ2n) is 6.35. The van der Waals surface area contributed by atoms with E-state index >= 15 is 0 Å². The first-order chi connectivity index (χ1) is 8.36. The third-order valence-corrected chi connectivity index (χ3v) is 4.63. The van der Waals surface area contributed by atoms with Crippen molar-refractivity contribution in [3.63, 3.8) is 0 Å². The fourth-order valence-electron chi connectivity index (χ4n) is 2.57. The average molecular weight is 309 g/mol. The molecule has 0 aromatic heterocycles. The van der Waals surface area contributed by atoms with Gasteiger partial charge in [0.1, 0.15) is 0 Å². The third kappa shape index (κ3) is 5.92. The van der Waals surface area contributed by atoms with Crippen molar-refractivity contribution in [1.29, 1.82) is 0 Å². The van der Waals surface area contributed by atoms with Crippen molar-refractivity contribution in [2.24, 2.45) is 17.1 Å². The smallest absolute Gasteiger partial charge is 0.239 e. The summed E-state index contributed by atoms with van der Waals surface area (Å²) in [6, 6.07) is -0.302. The standard InChI is InChI=1S/C14H28N2OS.ClH/c1-14(2,3)11-5-8-16(9-6-11)13(17)12(15)7-10-18-4;/h11-12H,5-10,15H2,1-4H3;1H/t12-;/m0./s1. The van der Waals surface area contributed by atoms with Crippen molar-refractivity contribution in [3.8, 4) is 0 Å². The Bertz CT molecular complexity index is 273. The van der Waals surface area contributed by atoms with Gasteiger partial charge in [0.05, 0.1) is 6.04 Å². The van der Waals surface area contributed by atoms with Gasteiger partial charge in [-0.3, -0.25) is 4.79 Å². The topological polar surface area (TPSA) is 46.3 Å². The summed E-state index contributed by atoms with van der Waals surface area (Å²) in [6.07, 6.45) is 5.07. The molecule has 0 aliphatic carbocycles. The van der Waals surface area contributed by atoms with E-state index in [4.69, 9.17) is 5.73 Å². The summed E-state index contributed by atoms with van der Waals surface area (Å²) in [5.41, 5.74) is 6.31. The maximum atomic E-state index is 12.2. The van der Waals surface area contributed by atoms with Crippen LogP contribution in [0.2, 0.25) is 0 Å². The maximum Gasteiger partial charge on any atom is 0.239 e. The first kappa shape index (κ1) is 19.1. The zero-order valence-electron chi connectivity index (χ0n) is 12.6. The molecule has 0 bridgehead atoms. The van der Waals surface area contributed by atoms with Crippen molar-refractivity contribution >= 4 is 30.1 Å². The summed E-state index contributed by atoms with van der Waals surface area (Å²) in [5, 5.41) is 0. The van der Waals surface area contributed by atoms with Gasteiger partial charge in [0.15, 0.2) is 0 Å². The Kier molecular flexibility index (Phi) is 8.41. The van der Waals surface area contributed by atoms with Gasteiger partial charge in [-0.1, -0.05) is 20.8 Å². The molecular weight excluding hydrogens is 280 g/mol. The van der Waals surface area contributed by atoms with Crippen LogP contribution in [0.3, 0.4) is 0 Å². The number of likely N-dealkylation sites (tertiary alicyclic amines) is 1. The number of thioether (sulfide) groups is 1. The molecule has 0 saturated carbocycles. The van der Waals surface area contributed by atoms with E-state index in [9.17, 15) is 4.79 Å². The van der Waals surface area contributed by atoms with E-state index in [2.05, 4.69) is 20.8 Å². The SMILES string of the molecule is CSCC[C@H](N)C(=O)N1CCC(C(C)(C)C)CC1.Cl.